The van der Waals surface area contributed by atoms with Gasteiger partial charge in [-0.15, -0.1) is 11.3 Å². The molecule has 0 aliphatic heterocycles. The molecule has 2 aliphatic carbocycles. The lowest BCUT2D eigenvalue weighted by Crippen LogP contribution is -2.18. The molecule has 0 atom stereocenters. The molecule has 0 fully saturated rings. The maximum atomic E-state index is 2.58. The fourth-order valence-electron chi connectivity index (χ4n) is 14.0. The second kappa shape index (κ2) is 15.7. The van der Waals surface area contributed by atoms with Gasteiger partial charge in [-0.2, -0.15) is 0 Å². The Bertz CT molecular complexity index is 4440. The lowest BCUT2D eigenvalue weighted by Gasteiger charge is -2.27. The summed E-state index contributed by atoms with van der Waals surface area (Å²) in [5.41, 5.74) is 22.5. The molecule has 1 heteroatoms. The van der Waals surface area contributed by atoms with Crippen molar-refractivity contribution in [3.8, 4) is 66.8 Å². The molecule has 0 N–H and O–H groups in total. The Hall–Kier alpha value is -8.10. The van der Waals surface area contributed by atoms with Gasteiger partial charge in [0.25, 0.3) is 0 Å². The van der Waals surface area contributed by atoms with Gasteiger partial charge in [0, 0.05) is 31.0 Å². The van der Waals surface area contributed by atoms with E-state index in [2.05, 4.69) is 254 Å². The van der Waals surface area contributed by atoms with E-state index in [0.717, 1.165) is 0 Å². The Morgan fingerprint density at radius 2 is 0.770 bits per heavy atom. The summed E-state index contributed by atoms with van der Waals surface area (Å²) < 4.78 is 2.75. The van der Waals surface area contributed by atoms with Crippen molar-refractivity contribution in [2.75, 3.05) is 0 Å². The van der Waals surface area contributed by atoms with Gasteiger partial charge in [-0.05, 0) is 156 Å². The van der Waals surface area contributed by atoms with E-state index in [1.54, 1.807) is 0 Å². The van der Waals surface area contributed by atoms with Crippen molar-refractivity contribution in [3.05, 3.63) is 240 Å². The van der Waals surface area contributed by atoms with Crippen molar-refractivity contribution < 1.29 is 0 Å². The molecule has 1 aromatic heterocycles. The monoisotopic (exact) mass is 962 g/mol. The van der Waals surface area contributed by atoms with Gasteiger partial charge in [0.2, 0.25) is 0 Å². The summed E-state index contributed by atoms with van der Waals surface area (Å²) in [5, 5.41) is 13.1. The van der Waals surface area contributed by atoms with E-state index in [-0.39, 0.29) is 10.8 Å². The van der Waals surface area contributed by atoms with Crippen LogP contribution >= 0.6 is 11.3 Å². The predicted octanol–water partition coefficient (Wildman–Crippen LogP) is 21.1. The largest absolute Gasteiger partial charge is 0.135 e. The van der Waals surface area contributed by atoms with Gasteiger partial charge < -0.3 is 0 Å². The standard InChI is InChI=1S/C73H54S/c1-42(2)44-23-20-24-45(39-44)63-52-29-14-16-31-54(52)64(55-32-17-15-30-53(55)63)46-35-37-57-60(40-46)73(5,6)70-68(57)69-66(56-33-18-19-34-59(56)72(69,3)4)67-58-38-36-47(41-61(58)74-71(67)70)65-50-27-12-10-25-48(50)62(43-21-8-7-9-22-43)49-26-11-13-28-51(49)65/h7-42H,1-6H3. The maximum absolute atomic E-state index is 2.58. The Morgan fingerprint density at radius 1 is 0.324 bits per heavy atom. The summed E-state index contributed by atoms with van der Waals surface area (Å²) in [7, 11) is 0. The molecular weight excluding hydrogens is 909 g/mol. The van der Waals surface area contributed by atoms with Crippen LogP contribution < -0.4 is 0 Å². The smallest absolute Gasteiger partial charge is 0.0408 e. The van der Waals surface area contributed by atoms with Gasteiger partial charge in [-0.25, -0.2) is 0 Å². The Morgan fingerprint density at radius 3 is 1.34 bits per heavy atom. The van der Waals surface area contributed by atoms with Gasteiger partial charge in [-0.3, -0.25) is 0 Å². The maximum Gasteiger partial charge on any atom is 0.0408 e. The first-order valence-corrected chi connectivity index (χ1v) is 27.3. The molecule has 15 rings (SSSR count). The Labute approximate surface area is 437 Å². The molecule has 0 saturated heterocycles. The van der Waals surface area contributed by atoms with Gasteiger partial charge >= 0.3 is 0 Å². The first-order valence-electron chi connectivity index (χ1n) is 26.4. The van der Waals surface area contributed by atoms with E-state index in [9.17, 15) is 0 Å². The number of hydrogen-bond donors (Lipinski definition) is 0. The zero-order valence-corrected chi connectivity index (χ0v) is 43.5. The van der Waals surface area contributed by atoms with Crippen LogP contribution in [0, 0.1) is 0 Å². The average Bonchev–Trinajstić information content (AvgIpc) is 4.03. The summed E-state index contributed by atoms with van der Waals surface area (Å²) in [6.07, 6.45) is 0. The first kappa shape index (κ1) is 43.5. The summed E-state index contributed by atoms with van der Waals surface area (Å²) >= 11 is 2.01. The van der Waals surface area contributed by atoms with Gasteiger partial charge in [-0.1, -0.05) is 242 Å². The highest BCUT2D eigenvalue weighted by molar-refractivity contribution is 7.26. The normalized spacial score (nSPS) is 14.1. The summed E-state index contributed by atoms with van der Waals surface area (Å²) in [6, 6.07) is 80.7. The molecule has 0 bridgehead atoms. The lowest BCUT2D eigenvalue weighted by molar-refractivity contribution is 0.652. The quantitative estimate of drug-likeness (QED) is 0.151. The molecule has 0 nitrogen and oxygen atoms in total. The van der Waals surface area contributed by atoms with Crippen molar-refractivity contribution in [1.29, 1.82) is 0 Å². The molecule has 13 aromatic rings. The molecule has 0 unspecified atom stereocenters. The molecule has 0 amide bonds. The minimum atomic E-state index is -0.287. The molecule has 0 spiro atoms. The highest BCUT2D eigenvalue weighted by Crippen LogP contribution is 2.64. The fourth-order valence-corrected chi connectivity index (χ4v) is 15.5. The van der Waals surface area contributed by atoms with Crippen molar-refractivity contribution in [1.82, 2.24) is 0 Å². The highest BCUT2D eigenvalue weighted by atomic mass is 32.1. The van der Waals surface area contributed by atoms with E-state index in [0.29, 0.717) is 5.92 Å². The molecule has 12 aromatic carbocycles. The van der Waals surface area contributed by atoms with Crippen LogP contribution in [0.1, 0.15) is 75.3 Å². The third-order valence-electron chi connectivity index (χ3n) is 17.3. The van der Waals surface area contributed by atoms with Crippen LogP contribution in [0.4, 0.5) is 0 Å². The van der Waals surface area contributed by atoms with Crippen LogP contribution in [0.2, 0.25) is 0 Å². The van der Waals surface area contributed by atoms with E-state index in [1.165, 1.54) is 158 Å². The third kappa shape index (κ3) is 5.91. The second-order valence-electron chi connectivity index (χ2n) is 22.4. The molecule has 0 radical (unpaired) electrons. The predicted molar refractivity (Wildman–Crippen MR) is 320 cm³/mol. The van der Waals surface area contributed by atoms with Crippen LogP contribution in [0.5, 0.6) is 0 Å². The number of fused-ring (bicyclic) bond motifs is 16. The van der Waals surface area contributed by atoms with E-state index in [4.69, 9.17) is 0 Å². The van der Waals surface area contributed by atoms with Crippen LogP contribution in [-0.4, -0.2) is 0 Å². The van der Waals surface area contributed by atoms with Gasteiger partial charge in [0.1, 0.15) is 0 Å². The van der Waals surface area contributed by atoms with Crippen LogP contribution in [-0.2, 0) is 10.8 Å². The fraction of sp³-hybridized carbons (Fsp3) is 0.123. The minimum absolute atomic E-state index is 0.206. The highest BCUT2D eigenvalue weighted by Gasteiger charge is 2.47. The Kier molecular flexibility index (Phi) is 9.23. The number of rotatable bonds is 5. The van der Waals surface area contributed by atoms with Gasteiger partial charge in [0.05, 0.1) is 0 Å². The average molecular weight is 963 g/mol. The van der Waals surface area contributed by atoms with E-state index < -0.39 is 0 Å². The third-order valence-corrected chi connectivity index (χ3v) is 18.5. The lowest BCUT2D eigenvalue weighted by atomic mass is 9.76. The van der Waals surface area contributed by atoms with Crippen LogP contribution in [0.15, 0.2) is 212 Å². The molecule has 0 saturated carbocycles. The van der Waals surface area contributed by atoms with Crippen molar-refractivity contribution >= 4 is 74.6 Å². The van der Waals surface area contributed by atoms with Crippen molar-refractivity contribution in [2.24, 2.45) is 0 Å². The summed E-state index contributed by atoms with van der Waals surface area (Å²) in [4.78, 5) is 0. The van der Waals surface area contributed by atoms with Crippen molar-refractivity contribution in [2.45, 2.75) is 58.3 Å². The summed E-state index contributed by atoms with van der Waals surface area (Å²) in [5.74, 6) is 0.447. The van der Waals surface area contributed by atoms with Crippen molar-refractivity contribution in [3.63, 3.8) is 0 Å². The zero-order valence-electron chi connectivity index (χ0n) is 42.7. The summed E-state index contributed by atoms with van der Waals surface area (Å²) in [6.45, 7) is 14.5. The molecular formula is C73H54S. The number of thiophene rings is 1. The molecule has 1 heterocycles. The molecule has 2 aliphatic rings. The van der Waals surface area contributed by atoms with E-state index >= 15 is 0 Å². The Balaban J connectivity index is 0.981. The molecule has 352 valence electrons. The van der Waals surface area contributed by atoms with Crippen LogP contribution in [0.25, 0.3) is 130 Å². The SMILES string of the molecule is CC(C)c1cccc(-c2c3ccccc3c(-c3ccc4c(c3)C(C)(C)c3c-4c4c(c5c3sc3cc(-c6c7ccccc7c(-c7ccccc7)c7ccccc67)ccc35)-c3ccccc3C4(C)C)c3ccccc23)c1. The van der Waals surface area contributed by atoms with E-state index in [1.807, 2.05) is 11.3 Å². The number of hydrogen-bond acceptors (Lipinski definition) is 1. The van der Waals surface area contributed by atoms with Gasteiger partial charge in [0.15, 0.2) is 0 Å². The van der Waals surface area contributed by atoms with Crippen LogP contribution in [0.3, 0.4) is 0 Å². The number of benzene rings is 12. The first-order chi connectivity index (χ1) is 36.1. The zero-order chi connectivity index (χ0) is 49.8. The molecule has 74 heavy (non-hydrogen) atoms. The minimum Gasteiger partial charge on any atom is -0.135 e. The second-order valence-corrected chi connectivity index (χ2v) is 23.5. The topological polar surface area (TPSA) is 0 Å².